The lowest BCUT2D eigenvalue weighted by Crippen LogP contribution is -2.25. The first kappa shape index (κ1) is 22.8. The zero-order valence-corrected chi connectivity index (χ0v) is 20.5. The van der Waals surface area contributed by atoms with E-state index in [1.54, 1.807) is 0 Å². The van der Waals surface area contributed by atoms with E-state index in [1.165, 1.54) is 93.0 Å². The second-order valence-electron chi connectivity index (χ2n) is 11.3. The zero-order chi connectivity index (χ0) is 22.6. The van der Waals surface area contributed by atoms with Crippen molar-refractivity contribution in [3.8, 4) is 0 Å². The van der Waals surface area contributed by atoms with Crippen LogP contribution in [0.25, 0.3) is 0 Å². The molecule has 2 heteroatoms. The molecule has 0 amide bonds. The number of hydrogen-bond donors (Lipinski definition) is 0. The van der Waals surface area contributed by atoms with E-state index in [1.807, 2.05) is 0 Å². The molecule has 5 rings (SSSR count). The number of carbonyl (C=O) groups excluding carboxylic acids is 1. The van der Waals surface area contributed by atoms with Gasteiger partial charge in [0.1, 0.15) is 5.78 Å². The largest absolute Gasteiger partial charge is 0.299 e. The van der Waals surface area contributed by atoms with Gasteiger partial charge < -0.3 is 0 Å². The van der Waals surface area contributed by atoms with E-state index >= 15 is 0 Å². The predicted octanol–water partition coefficient (Wildman–Crippen LogP) is 8.72. The van der Waals surface area contributed by atoms with E-state index in [4.69, 9.17) is 4.99 Å². The lowest BCUT2D eigenvalue weighted by Gasteiger charge is -2.36. The first-order valence-corrected chi connectivity index (χ1v) is 13.7. The number of nitrogens with zero attached hydrogens (tertiary/aromatic N) is 1. The van der Waals surface area contributed by atoms with Gasteiger partial charge in [0.05, 0.1) is 0 Å². The van der Waals surface area contributed by atoms with Crippen LogP contribution in [0.5, 0.6) is 0 Å². The van der Waals surface area contributed by atoms with Crippen molar-refractivity contribution in [2.45, 2.75) is 96.3 Å². The molecule has 4 atom stereocenters. The number of rotatable bonds is 6. The molecule has 0 saturated heterocycles. The van der Waals surface area contributed by atoms with Gasteiger partial charge in [-0.15, -0.1) is 0 Å². The smallest absolute Gasteiger partial charge is 0.137 e. The van der Waals surface area contributed by atoms with Gasteiger partial charge in [0, 0.05) is 35.0 Å². The zero-order valence-electron chi connectivity index (χ0n) is 20.5. The molecule has 1 aromatic carbocycles. The first-order chi connectivity index (χ1) is 16.2. The standard InChI is InChI=1S/C31H41NO.3H2/c1-22-21-32-31(30-16-6-5-15-29(22)30)27-14-8-13-26(20-27)25-12-7-11-24(17-25)19-28(33)18-23-9-3-2-4-10-23;;;/h6-7,11-12,16-17,21-23,26-27,29H,2-5,8-10,13-15,18-20H2,1H3;3*1H. The summed E-state index contributed by atoms with van der Waals surface area (Å²) in [7, 11) is 0. The van der Waals surface area contributed by atoms with Crippen molar-refractivity contribution < 1.29 is 9.07 Å². The Morgan fingerprint density at radius 2 is 1.88 bits per heavy atom. The van der Waals surface area contributed by atoms with Crippen molar-refractivity contribution in [1.82, 2.24) is 0 Å². The highest BCUT2D eigenvalue weighted by atomic mass is 16.1. The van der Waals surface area contributed by atoms with Crippen LogP contribution < -0.4 is 0 Å². The number of ketones is 1. The summed E-state index contributed by atoms with van der Waals surface area (Å²) in [5, 5.41) is 0. The summed E-state index contributed by atoms with van der Waals surface area (Å²) in [6, 6.07) is 9.00. The van der Waals surface area contributed by atoms with Gasteiger partial charge in [0.15, 0.2) is 0 Å². The normalized spacial score (nSPS) is 30.3. The average Bonchev–Trinajstić information content (AvgIpc) is 2.85. The molecule has 0 radical (unpaired) electrons. The molecule has 4 aliphatic rings. The van der Waals surface area contributed by atoms with Gasteiger partial charge in [-0.1, -0.05) is 81.9 Å². The van der Waals surface area contributed by atoms with Gasteiger partial charge in [-0.2, -0.15) is 0 Å². The molecule has 3 aliphatic carbocycles. The fraction of sp³-hybridized carbons (Fsp3) is 0.613. The quantitative estimate of drug-likeness (QED) is 0.427. The number of allylic oxidation sites excluding steroid dienone is 4. The molecule has 0 aromatic heterocycles. The molecule has 0 N–H and O–H groups in total. The Kier molecular flexibility index (Phi) is 7.28. The van der Waals surface area contributed by atoms with Crippen LogP contribution in [0.2, 0.25) is 0 Å². The van der Waals surface area contributed by atoms with Gasteiger partial charge >= 0.3 is 0 Å². The Morgan fingerprint density at radius 1 is 1.03 bits per heavy atom. The molecule has 2 saturated carbocycles. The molecule has 1 aliphatic heterocycles. The van der Waals surface area contributed by atoms with Crippen molar-refractivity contribution in [1.29, 1.82) is 0 Å². The molecule has 1 aromatic rings. The highest BCUT2D eigenvalue weighted by Crippen LogP contribution is 2.45. The fourth-order valence-electron chi connectivity index (χ4n) is 7.02. The molecule has 1 heterocycles. The maximum Gasteiger partial charge on any atom is 0.137 e. The lowest BCUT2D eigenvalue weighted by molar-refractivity contribution is -0.119. The number of carbonyl (C=O) groups is 1. The Bertz CT molecular complexity index is 947. The number of Topliss-reactive ketones (excluding diaryl/α,β-unsaturated/α-hetero) is 1. The van der Waals surface area contributed by atoms with Gasteiger partial charge in [-0.3, -0.25) is 9.79 Å². The van der Waals surface area contributed by atoms with E-state index in [9.17, 15) is 4.79 Å². The van der Waals surface area contributed by atoms with Crippen molar-refractivity contribution in [3.05, 3.63) is 58.8 Å². The minimum absolute atomic E-state index is 0. The highest BCUT2D eigenvalue weighted by Gasteiger charge is 2.33. The van der Waals surface area contributed by atoms with Crippen molar-refractivity contribution in [2.24, 2.45) is 28.7 Å². The van der Waals surface area contributed by atoms with Gasteiger partial charge in [-0.25, -0.2) is 0 Å². The van der Waals surface area contributed by atoms with E-state index < -0.39 is 0 Å². The third-order valence-electron chi connectivity index (χ3n) is 8.85. The maximum absolute atomic E-state index is 12.8. The topological polar surface area (TPSA) is 29.4 Å². The van der Waals surface area contributed by atoms with Crippen LogP contribution in [0.1, 0.15) is 105 Å². The van der Waals surface area contributed by atoms with E-state index in [0.717, 1.165) is 6.42 Å². The number of aliphatic imine (C=N–C) groups is 1. The summed E-state index contributed by atoms with van der Waals surface area (Å²) in [4.78, 5) is 17.8. The lowest BCUT2D eigenvalue weighted by atomic mass is 9.71. The third kappa shape index (κ3) is 5.42. The van der Waals surface area contributed by atoms with E-state index in [0.29, 0.717) is 41.8 Å². The van der Waals surface area contributed by atoms with Crippen molar-refractivity contribution in [2.75, 3.05) is 0 Å². The molecule has 2 nitrogen and oxygen atoms in total. The van der Waals surface area contributed by atoms with Crippen LogP contribution in [0, 0.1) is 23.7 Å². The molecule has 2 fully saturated rings. The van der Waals surface area contributed by atoms with Crippen LogP contribution >= 0.6 is 0 Å². The van der Waals surface area contributed by atoms with Gasteiger partial charge in [0.2, 0.25) is 0 Å². The van der Waals surface area contributed by atoms with Crippen LogP contribution in [-0.4, -0.2) is 12.0 Å². The van der Waals surface area contributed by atoms with Crippen LogP contribution in [0.3, 0.4) is 0 Å². The molecular weight excluding hydrogens is 402 g/mol. The average molecular weight is 450 g/mol. The molecule has 33 heavy (non-hydrogen) atoms. The van der Waals surface area contributed by atoms with Crippen LogP contribution in [0.4, 0.5) is 0 Å². The Labute approximate surface area is 205 Å². The summed E-state index contributed by atoms with van der Waals surface area (Å²) in [5.74, 6) is 3.47. The van der Waals surface area contributed by atoms with Crippen molar-refractivity contribution >= 4 is 12.0 Å². The van der Waals surface area contributed by atoms with E-state index in [2.05, 4.69) is 49.6 Å². The fourth-order valence-corrected chi connectivity index (χ4v) is 7.02. The summed E-state index contributed by atoms with van der Waals surface area (Å²) in [6.07, 6.45) is 22.3. The minimum atomic E-state index is 0. The number of fused-ring (bicyclic) bond motifs is 1. The monoisotopic (exact) mass is 449 g/mol. The van der Waals surface area contributed by atoms with Crippen LogP contribution in [-0.2, 0) is 11.2 Å². The maximum atomic E-state index is 12.8. The molecule has 182 valence electrons. The highest BCUT2D eigenvalue weighted by molar-refractivity contribution is 5.81. The molecule has 0 spiro atoms. The number of benzene rings is 1. The number of hydrogen-bond acceptors (Lipinski definition) is 2. The van der Waals surface area contributed by atoms with Crippen molar-refractivity contribution in [3.63, 3.8) is 0 Å². The SMILES string of the molecule is CC1C=NC(C2CCCC(c3cccc(CC(=O)CC4CCCCC4)c3)C2)=C2C=CCCC21.[HH].[HH].[HH]. The Hall–Kier alpha value is -1.96. The summed E-state index contributed by atoms with van der Waals surface area (Å²) >= 11 is 0. The Morgan fingerprint density at radius 3 is 2.76 bits per heavy atom. The summed E-state index contributed by atoms with van der Waals surface area (Å²) in [5.41, 5.74) is 5.58. The van der Waals surface area contributed by atoms with Crippen LogP contribution in [0.15, 0.2) is 52.7 Å². The molecular formula is C31H47NO. The molecule has 4 unspecified atom stereocenters. The van der Waals surface area contributed by atoms with Gasteiger partial charge in [-0.05, 0) is 72.5 Å². The first-order valence-electron chi connectivity index (χ1n) is 13.7. The summed E-state index contributed by atoms with van der Waals surface area (Å²) in [6.45, 7) is 2.33. The minimum Gasteiger partial charge on any atom is -0.299 e. The molecule has 0 bridgehead atoms. The third-order valence-corrected chi connectivity index (χ3v) is 8.85. The second kappa shape index (κ2) is 10.5. The second-order valence-corrected chi connectivity index (χ2v) is 11.3. The van der Waals surface area contributed by atoms with Gasteiger partial charge in [0.25, 0.3) is 0 Å². The van der Waals surface area contributed by atoms with E-state index in [-0.39, 0.29) is 4.28 Å². The Balaban J connectivity index is 0.00000152. The predicted molar refractivity (Wildman–Crippen MR) is 144 cm³/mol. The summed E-state index contributed by atoms with van der Waals surface area (Å²) < 4.78 is 0.